The number of halogens is 3. The van der Waals surface area contributed by atoms with Crippen molar-refractivity contribution in [3.63, 3.8) is 0 Å². The highest BCUT2D eigenvalue weighted by atomic mass is 32.2. The van der Waals surface area contributed by atoms with Crippen molar-refractivity contribution in [3.8, 4) is 0 Å². The van der Waals surface area contributed by atoms with E-state index in [1.807, 2.05) is 13.8 Å². The van der Waals surface area contributed by atoms with Crippen molar-refractivity contribution in [3.05, 3.63) is 29.8 Å². The monoisotopic (exact) mass is 416 g/mol. The maximum Gasteiger partial charge on any atom is 0.416 e. The number of imide groups is 2. The van der Waals surface area contributed by atoms with E-state index in [9.17, 15) is 27.6 Å². The van der Waals surface area contributed by atoms with Gasteiger partial charge in [0.1, 0.15) is 4.86 Å². The Kier molecular flexibility index (Phi) is 7.40. The molecule has 0 spiro atoms. The minimum atomic E-state index is -4.61. The third-order valence-electron chi connectivity index (χ3n) is 4.24. The summed E-state index contributed by atoms with van der Waals surface area (Å²) in [5.74, 6) is -0.303. The largest absolute Gasteiger partial charge is 0.416 e. The van der Waals surface area contributed by atoms with Crippen LogP contribution >= 0.6 is 10.5 Å². The van der Waals surface area contributed by atoms with Crippen molar-refractivity contribution in [1.82, 2.24) is 5.32 Å². The lowest BCUT2D eigenvalue weighted by molar-refractivity contribution is -0.137. The van der Waals surface area contributed by atoms with Crippen molar-refractivity contribution in [2.24, 2.45) is 0 Å². The Morgan fingerprint density at radius 2 is 1.64 bits per heavy atom. The smallest absolute Gasteiger partial charge is 0.273 e. The average Bonchev–Trinajstić information content (AvgIpc) is 2.62. The second kappa shape index (κ2) is 9.36. The van der Waals surface area contributed by atoms with Crippen molar-refractivity contribution >= 4 is 38.9 Å². The molecule has 1 heterocycles. The van der Waals surface area contributed by atoms with E-state index in [4.69, 9.17) is 0 Å². The quantitative estimate of drug-likeness (QED) is 0.673. The Morgan fingerprint density at radius 1 is 1.04 bits per heavy atom. The summed E-state index contributed by atoms with van der Waals surface area (Å²) in [4.78, 5) is 38.3. The first kappa shape index (κ1) is 22.1. The lowest BCUT2D eigenvalue weighted by Gasteiger charge is -2.28. The zero-order chi connectivity index (χ0) is 20.9. The fourth-order valence-electron chi connectivity index (χ4n) is 2.75. The molecule has 154 valence electrons. The number of rotatable bonds is 7. The molecule has 28 heavy (non-hydrogen) atoms. The van der Waals surface area contributed by atoms with Gasteiger partial charge in [0.25, 0.3) is 11.8 Å². The molecule has 0 aromatic heterocycles. The Hall–Kier alpha value is -2.16. The van der Waals surface area contributed by atoms with Gasteiger partial charge in [-0.2, -0.15) is 23.7 Å². The Morgan fingerprint density at radius 3 is 2.18 bits per heavy atom. The first-order valence-corrected chi connectivity index (χ1v) is 10.7. The number of barbiturate groups is 1. The number of hydrogen-bond donors (Lipinski definition) is 1. The average molecular weight is 416 g/mol. The van der Waals surface area contributed by atoms with E-state index in [1.54, 1.807) is 0 Å². The number of amides is 4. The summed E-state index contributed by atoms with van der Waals surface area (Å²) >= 11 is 0. The molecule has 0 aliphatic carbocycles. The first-order valence-electron chi connectivity index (χ1n) is 9.12. The molecule has 1 N–H and O–H groups in total. The number of urea groups is 1. The van der Waals surface area contributed by atoms with Crippen LogP contribution < -0.4 is 10.2 Å². The van der Waals surface area contributed by atoms with Gasteiger partial charge >= 0.3 is 12.2 Å². The summed E-state index contributed by atoms with van der Waals surface area (Å²) in [6.45, 7) is 3.99. The van der Waals surface area contributed by atoms with Gasteiger partial charge in [0.05, 0.1) is 11.3 Å². The van der Waals surface area contributed by atoms with Gasteiger partial charge in [-0.25, -0.2) is 9.69 Å². The molecule has 5 nitrogen and oxygen atoms in total. The van der Waals surface area contributed by atoms with Gasteiger partial charge in [0.2, 0.25) is 0 Å². The van der Waals surface area contributed by atoms with E-state index >= 15 is 0 Å². The molecule has 2 rings (SSSR count). The van der Waals surface area contributed by atoms with Crippen LogP contribution in [0.3, 0.4) is 0 Å². The normalized spacial score (nSPS) is 15.4. The molecular weight excluding hydrogens is 393 g/mol. The maximum absolute atomic E-state index is 13.0. The number of nitrogens with zero attached hydrogens (tertiary/aromatic N) is 1. The third kappa shape index (κ3) is 5.01. The molecule has 1 aromatic carbocycles. The van der Waals surface area contributed by atoms with Gasteiger partial charge in [-0.15, -0.1) is 0 Å². The second-order valence-electron chi connectivity index (χ2n) is 6.39. The minimum Gasteiger partial charge on any atom is -0.273 e. The number of carbonyl (C=O) groups excluding carboxylic acids is 3. The Bertz CT molecular complexity index is 796. The number of carbonyl (C=O) groups is 3. The molecule has 1 aromatic rings. The van der Waals surface area contributed by atoms with E-state index in [1.165, 1.54) is 6.07 Å². The summed E-state index contributed by atoms with van der Waals surface area (Å²) in [5, 5.41) is 2.12. The molecular formula is C19H23F3N2O3S. The summed E-state index contributed by atoms with van der Waals surface area (Å²) < 4.78 is 39.0. The van der Waals surface area contributed by atoms with Crippen LogP contribution in [0.25, 0.3) is 0 Å². The van der Waals surface area contributed by atoms with E-state index in [0.717, 1.165) is 43.9 Å². The standard InChI is InChI=1S/C19H23F3N2O3S/c1-3-5-10-28(11-6-4-2)15-16(25)23-18(27)24(17(15)26)14-9-7-8-13(12-14)19(20,21)22/h7-9,12H,3-6,10-11H2,1-2H3,(H,23,25,27). The highest BCUT2D eigenvalue weighted by Crippen LogP contribution is 2.32. The van der Waals surface area contributed by atoms with Gasteiger partial charge in [0, 0.05) is 0 Å². The molecule has 0 radical (unpaired) electrons. The molecule has 4 amide bonds. The number of alkyl halides is 3. The van der Waals surface area contributed by atoms with Crippen LogP contribution in [-0.2, 0) is 15.8 Å². The van der Waals surface area contributed by atoms with Crippen LogP contribution in [0.1, 0.15) is 45.1 Å². The van der Waals surface area contributed by atoms with Crippen LogP contribution in [0, 0.1) is 0 Å². The summed E-state index contributed by atoms with van der Waals surface area (Å²) in [6.07, 6.45) is -1.22. The lowest BCUT2D eigenvalue weighted by Crippen LogP contribution is -2.59. The fraction of sp³-hybridized carbons (Fsp3) is 0.474. The van der Waals surface area contributed by atoms with Crippen LogP contribution in [0.2, 0.25) is 0 Å². The van der Waals surface area contributed by atoms with Crippen LogP contribution in [0.5, 0.6) is 0 Å². The van der Waals surface area contributed by atoms with Gasteiger partial charge in [-0.3, -0.25) is 14.9 Å². The molecule has 1 fully saturated rings. The summed E-state index contributed by atoms with van der Waals surface area (Å²) in [7, 11) is -0.664. The van der Waals surface area contributed by atoms with E-state index in [-0.39, 0.29) is 10.6 Å². The van der Waals surface area contributed by atoms with Gasteiger partial charge in [-0.1, -0.05) is 32.8 Å². The van der Waals surface area contributed by atoms with Crippen molar-refractivity contribution < 1.29 is 27.6 Å². The second-order valence-corrected chi connectivity index (χ2v) is 8.60. The van der Waals surface area contributed by atoms with Crippen molar-refractivity contribution in [2.45, 2.75) is 45.7 Å². The topological polar surface area (TPSA) is 66.5 Å². The molecule has 1 saturated heterocycles. The molecule has 0 unspecified atom stereocenters. The molecule has 0 atom stereocenters. The lowest BCUT2D eigenvalue weighted by atomic mass is 10.1. The number of unbranched alkanes of at least 4 members (excludes halogenated alkanes) is 2. The summed E-state index contributed by atoms with van der Waals surface area (Å²) in [6, 6.07) is 2.94. The molecule has 1 aliphatic rings. The first-order chi connectivity index (χ1) is 13.2. The molecule has 0 bridgehead atoms. The van der Waals surface area contributed by atoms with Crippen molar-refractivity contribution in [1.29, 1.82) is 0 Å². The number of hydrogen-bond acceptors (Lipinski definition) is 3. The SMILES string of the molecule is CCCCS(CCCC)=C1C(=O)NC(=O)N(c2cccc(C(F)(F)F)c2)C1=O. The summed E-state index contributed by atoms with van der Waals surface area (Å²) in [5.41, 5.74) is -1.18. The number of nitrogens with one attached hydrogen (secondary N) is 1. The zero-order valence-electron chi connectivity index (χ0n) is 15.8. The van der Waals surface area contributed by atoms with E-state index < -0.39 is 40.1 Å². The van der Waals surface area contributed by atoms with Crippen LogP contribution in [0.15, 0.2) is 24.3 Å². The third-order valence-corrected chi connectivity index (χ3v) is 6.74. The van der Waals surface area contributed by atoms with Crippen LogP contribution in [0.4, 0.5) is 23.7 Å². The van der Waals surface area contributed by atoms with Crippen LogP contribution in [-0.4, -0.2) is 34.2 Å². The van der Waals surface area contributed by atoms with Gasteiger partial charge < -0.3 is 0 Å². The van der Waals surface area contributed by atoms with E-state index in [0.29, 0.717) is 16.4 Å². The van der Waals surface area contributed by atoms with Gasteiger partial charge in [0.15, 0.2) is 0 Å². The number of anilines is 1. The molecule has 1 aliphatic heterocycles. The predicted molar refractivity (Wildman–Crippen MR) is 105 cm³/mol. The molecule has 0 saturated carbocycles. The highest BCUT2D eigenvalue weighted by molar-refractivity contribution is 8.18. The minimum absolute atomic E-state index is 0.0288. The zero-order valence-corrected chi connectivity index (χ0v) is 16.6. The molecule has 9 heteroatoms. The Balaban J connectivity index is 2.49. The predicted octanol–water partition coefficient (Wildman–Crippen LogP) is 4.33. The van der Waals surface area contributed by atoms with Crippen molar-refractivity contribution in [2.75, 3.05) is 16.4 Å². The Labute approximate surface area is 164 Å². The number of benzene rings is 1. The maximum atomic E-state index is 13.0. The van der Waals surface area contributed by atoms with E-state index in [2.05, 4.69) is 5.32 Å². The fourth-order valence-corrected chi connectivity index (χ4v) is 5.29. The van der Waals surface area contributed by atoms with Gasteiger partial charge in [-0.05, 0) is 42.5 Å². The highest BCUT2D eigenvalue weighted by Gasteiger charge is 2.39.